The summed E-state index contributed by atoms with van der Waals surface area (Å²) < 4.78 is 4.97. The number of hydrogen-bond donors (Lipinski definition) is 2. The first-order chi connectivity index (χ1) is 12.7. The van der Waals surface area contributed by atoms with Gasteiger partial charge < -0.3 is 20.3 Å². The van der Waals surface area contributed by atoms with Crippen molar-refractivity contribution >= 4 is 23.5 Å². The van der Waals surface area contributed by atoms with Crippen LogP contribution in [0.15, 0.2) is 36.8 Å². The van der Waals surface area contributed by atoms with Crippen molar-refractivity contribution in [3.63, 3.8) is 0 Å². The van der Waals surface area contributed by atoms with Crippen LogP contribution in [0.2, 0.25) is 0 Å². The summed E-state index contributed by atoms with van der Waals surface area (Å²) in [5.74, 6) is 0.552. The van der Waals surface area contributed by atoms with Gasteiger partial charge in [-0.1, -0.05) is 0 Å². The number of aromatic nitrogens is 2. The molecule has 8 heteroatoms. The lowest BCUT2D eigenvalue weighted by molar-refractivity contribution is 0.0535. The molecule has 0 unspecified atom stereocenters. The highest BCUT2D eigenvalue weighted by molar-refractivity contribution is 5.95. The minimum absolute atomic E-state index is 0.113. The summed E-state index contributed by atoms with van der Waals surface area (Å²) in [5, 5.41) is 5.83. The lowest BCUT2D eigenvalue weighted by Gasteiger charge is -2.32. The second-order valence-electron chi connectivity index (χ2n) is 6.37. The molecule has 0 radical (unpaired) electrons. The topological polar surface area (TPSA) is 96.4 Å². The van der Waals surface area contributed by atoms with E-state index in [0.717, 1.165) is 37.3 Å². The van der Waals surface area contributed by atoms with E-state index in [0.29, 0.717) is 11.3 Å². The van der Waals surface area contributed by atoms with Crippen LogP contribution in [0, 0.1) is 0 Å². The Morgan fingerprint density at radius 2 is 2.08 bits per heavy atom. The zero-order chi connectivity index (χ0) is 17.9. The van der Waals surface area contributed by atoms with Gasteiger partial charge in [0.15, 0.2) is 0 Å². The second-order valence-corrected chi connectivity index (χ2v) is 6.37. The van der Waals surface area contributed by atoms with Gasteiger partial charge in [0.2, 0.25) is 0 Å². The Balaban J connectivity index is 1.29. The average Bonchev–Trinajstić information content (AvgIpc) is 3.03. The molecular weight excluding hydrogens is 334 g/mol. The van der Waals surface area contributed by atoms with Gasteiger partial charge in [-0.05, 0) is 31.0 Å². The molecule has 1 aromatic carbocycles. The summed E-state index contributed by atoms with van der Waals surface area (Å²) in [6.07, 6.45) is 6.78. The molecule has 2 N–H and O–H groups in total. The van der Waals surface area contributed by atoms with Crippen molar-refractivity contribution < 1.29 is 14.3 Å². The molecule has 1 saturated heterocycles. The fraction of sp³-hybridized carbons (Fsp3) is 0.333. The summed E-state index contributed by atoms with van der Waals surface area (Å²) in [7, 11) is 0. The number of nitrogens with zero attached hydrogens (tertiary/aromatic N) is 3. The van der Waals surface area contributed by atoms with Gasteiger partial charge in [0.1, 0.15) is 12.4 Å². The van der Waals surface area contributed by atoms with Crippen molar-refractivity contribution in [2.24, 2.45) is 0 Å². The van der Waals surface area contributed by atoms with Crippen LogP contribution in [0.3, 0.4) is 0 Å². The highest BCUT2D eigenvalue weighted by atomic mass is 16.5. The molecule has 0 spiro atoms. The number of carbonyl (C=O) groups is 2. The van der Waals surface area contributed by atoms with Crippen molar-refractivity contribution in [2.45, 2.75) is 25.5 Å². The number of anilines is 2. The van der Waals surface area contributed by atoms with Gasteiger partial charge in [-0.15, -0.1) is 0 Å². The van der Waals surface area contributed by atoms with Gasteiger partial charge in [-0.2, -0.15) is 0 Å². The highest BCUT2D eigenvalue weighted by Crippen LogP contribution is 2.23. The van der Waals surface area contributed by atoms with Crippen molar-refractivity contribution in [3.8, 4) is 0 Å². The normalized spacial score (nSPS) is 16.8. The Bertz CT molecular complexity index is 819. The number of esters is 1. The fourth-order valence-corrected chi connectivity index (χ4v) is 3.27. The van der Waals surface area contributed by atoms with E-state index in [-0.39, 0.29) is 24.6 Å². The number of nitrogens with one attached hydrogen (secondary N) is 2. The number of amides is 2. The summed E-state index contributed by atoms with van der Waals surface area (Å²) in [5.41, 5.74) is 2.01. The maximum Gasteiger partial charge on any atom is 0.338 e. The quantitative estimate of drug-likeness (QED) is 0.819. The van der Waals surface area contributed by atoms with E-state index in [1.807, 2.05) is 0 Å². The summed E-state index contributed by atoms with van der Waals surface area (Å²) in [6, 6.07) is 5.04. The van der Waals surface area contributed by atoms with Crippen LogP contribution in [-0.4, -0.2) is 41.1 Å². The molecule has 134 valence electrons. The van der Waals surface area contributed by atoms with E-state index in [2.05, 4.69) is 25.5 Å². The first-order valence-corrected chi connectivity index (χ1v) is 8.57. The van der Waals surface area contributed by atoms with Crippen LogP contribution >= 0.6 is 0 Å². The van der Waals surface area contributed by atoms with Crippen molar-refractivity contribution in [3.05, 3.63) is 47.9 Å². The van der Waals surface area contributed by atoms with Crippen LogP contribution in [0.4, 0.5) is 16.3 Å². The van der Waals surface area contributed by atoms with Gasteiger partial charge >= 0.3 is 12.0 Å². The molecule has 0 atom stereocenters. The lowest BCUT2D eigenvalue weighted by Crippen LogP contribution is -2.46. The Kier molecular flexibility index (Phi) is 4.39. The van der Waals surface area contributed by atoms with Crippen LogP contribution in [-0.2, 0) is 11.3 Å². The number of urea groups is 1. The zero-order valence-corrected chi connectivity index (χ0v) is 14.1. The molecule has 4 rings (SSSR count). The van der Waals surface area contributed by atoms with Gasteiger partial charge in [0.25, 0.3) is 0 Å². The number of fused-ring (bicyclic) bond motifs is 1. The number of ether oxygens (including phenoxy) is 1. The van der Waals surface area contributed by atoms with Crippen molar-refractivity contribution in [2.75, 3.05) is 23.3 Å². The molecule has 26 heavy (non-hydrogen) atoms. The third-order valence-electron chi connectivity index (χ3n) is 4.65. The molecule has 3 heterocycles. The smallest absolute Gasteiger partial charge is 0.338 e. The Labute approximate surface area is 150 Å². The molecule has 2 amide bonds. The standard InChI is InChI=1S/C18H19N5O3/c24-17-15-2-1-14(9-12(15)11-26-17)22-18(25)21-13-3-7-23(8-4-13)16-10-19-5-6-20-16/h1-2,5-6,9-10,13H,3-4,7-8,11H2,(H2,21,22,25). The number of rotatable bonds is 3. The van der Waals surface area contributed by atoms with Gasteiger partial charge in [-0.3, -0.25) is 4.98 Å². The molecule has 1 aromatic heterocycles. The SMILES string of the molecule is O=C(Nc1ccc2c(c1)COC2=O)NC1CCN(c2cnccn2)CC1. The van der Waals surface area contributed by atoms with E-state index in [1.54, 1.807) is 36.8 Å². The number of hydrogen-bond acceptors (Lipinski definition) is 6. The minimum Gasteiger partial charge on any atom is -0.457 e. The fourth-order valence-electron chi connectivity index (χ4n) is 3.27. The Morgan fingerprint density at radius 1 is 1.23 bits per heavy atom. The van der Waals surface area contributed by atoms with Crippen LogP contribution in [0.25, 0.3) is 0 Å². The Morgan fingerprint density at radius 3 is 2.85 bits per heavy atom. The van der Waals surface area contributed by atoms with E-state index in [4.69, 9.17) is 4.74 Å². The third kappa shape index (κ3) is 3.44. The first kappa shape index (κ1) is 16.3. The maximum atomic E-state index is 12.2. The summed E-state index contributed by atoms with van der Waals surface area (Å²) >= 11 is 0. The minimum atomic E-state index is -0.314. The van der Waals surface area contributed by atoms with E-state index in [9.17, 15) is 9.59 Å². The molecule has 2 aromatic rings. The first-order valence-electron chi connectivity index (χ1n) is 8.57. The van der Waals surface area contributed by atoms with Crippen LogP contribution in [0.1, 0.15) is 28.8 Å². The number of piperidine rings is 1. The van der Waals surface area contributed by atoms with Gasteiger partial charge in [0.05, 0.1) is 11.8 Å². The zero-order valence-electron chi connectivity index (χ0n) is 14.1. The third-order valence-corrected chi connectivity index (χ3v) is 4.65. The number of carbonyl (C=O) groups excluding carboxylic acids is 2. The van der Waals surface area contributed by atoms with Gasteiger partial charge in [0, 0.05) is 42.8 Å². The van der Waals surface area contributed by atoms with E-state index >= 15 is 0 Å². The second kappa shape index (κ2) is 6.99. The summed E-state index contributed by atoms with van der Waals surface area (Å²) in [6.45, 7) is 1.90. The van der Waals surface area contributed by atoms with Gasteiger partial charge in [-0.25, -0.2) is 14.6 Å². The maximum absolute atomic E-state index is 12.2. The monoisotopic (exact) mass is 353 g/mol. The molecule has 2 aliphatic heterocycles. The molecule has 2 aliphatic rings. The van der Waals surface area contributed by atoms with Crippen LogP contribution < -0.4 is 15.5 Å². The van der Waals surface area contributed by atoms with E-state index in [1.165, 1.54) is 0 Å². The van der Waals surface area contributed by atoms with E-state index < -0.39 is 0 Å². The molecule has 0 bridgehead atoms. The predicted molar refractivity (Wildman–Crippen MR) is 95.0 cm³/mol. The molecule has 8 nitrogen and oxygen atoms in total. The predicted octanol–water partition coefficient (Wildman–Crippen LogP) is 1.94. The summed E-state index contributed by atoms with van der Waals surface area (Å²) in [4.78, 5) is 34.3. The molecule has 1 fully saturated rings. The number of benzene rings is 1. The lowest BCUT2D eigenvalue weighted by atomic mass is 10.1. The largest absolute Gasteiger partial charge is 0.457 e. The van der Waals surface area contributed by atoms with Crippen molar-refractivity contribution in [1.29, 1.82) is 0 Å². The van der Waals surface area contributed by atoms with Crippen LogP contribution in [0.5, 0.6) is 0 Å². The average molecular weight is 353 g/mol. The number of cyclic esters (lactones) is 1. The molecule has 0 saturated carbocycles. The highest BCUT2D eigenvalue weighted by Gasteiger charge is 2.23. The van der Waals surface area contributed by atoms with Crippen molar-refractivity contribution in [1.82, 2.24) is 15.3 Å². The molecular formula is C18H19N5O3. The Hall–Kier alpha value is -3.16. The molecule has 0 aliphatic carbocycles.